The number of aliphatic imine (C=N–C) groups is 1. The second-order valence-corrected chi connectivity index (χ2v) is 5.99. The topological polar surface area (TPSA) is 36.4 Å². The van der Waals surface area contributed by atoms with E-state index >= 15 is 0 Å². The largest absolute Gasteiger partial charge is 0.357 e. The van der Waals surface area contributed by atoms with E-state index in [2.05, 4.69) is 47.9 Å². The van der Waals surface area contributed by atoms with E-state index < -0.39 is 0 Å². The third-order valence-electron chi connectivity index (χ3n) is 2.13. The maximum absolute atomic E-state index is 4.56. The number of aryl methyl sites for hydroxylation is 1. The van der Waals surface area contributed by atoms with Gasteiger partial charge in [0.2, 0.25) is 0 Å². The van der Waals surface area contributed by atoms with E-state index in [-0.39, 0.29) is 0 Å². The predicted molar refractivity (Wildman–Crippen MR) is 80.3 cm³/mol. The van der Waals surface area contributed by atoms with Crippen LogP contribution < -0.4 is 10.6 Å². The Balaban J connectivity index is 2.44. The number of rotatable bonds is 6. The summed E-state index contributed by atoms with van der Waals surface area (Å²) in [5, 5.41) is 6.57. The van der Waals surface area contributed by atoms with Gasteiger partial charge in [0.1, 0.15) is 0 Å². The van der Waals surface area contributed by atoms with Crippen LogP contribution in [0.25, 0.3) is 0 Å². The summed E-state index contributed by atoms with van der Waals surface area (Å²) in [7, 11) is 0. The monoisotopic (exact) mass is 271 g/mol. The van der Waals surface area contributed by atoms with Gasteiger partial charge in [0.25, 0.3) is 0 Å². The molecule has 0 radical (unpaired) electrons. The van der Waals surface area contributed by atoms with Crippen molar-refractivity contribution in [3.05, 3.63) is 21.9 Å². The average Bonchev–Trinajstić information content (AvgIpc) is 2.72. The normalized spacial score (nSPS) is 11.6. The summed E-state index contributed by atoms with van der Waals surface area (Å²) in [5.41, 5.74) is 0. The Kier molecular flexibility index (Phi) is 7.12. The van der Waals surface area contributed by atoms with Gasteiger partial charge in [0.15, 0.2) is 5.96 Å². The summed E-state index contributed by atoms with van der Waals surface area (Å²) >= 11 is 3.65. The van der Waals surface area contributed by atoms with Crippen LogP contribution in [0.15, 0.2) is 17.1 Å². The summed E-state index contributed by atoms with van der Waals surface area (Å²) in [6.45, 7) is 6.82. The van der Waals surface area contributed by atoms with Crippen LogP contribution in [0.5, 0.6) is 0 Å². The molecule has 0 spiro atoms. The smallest absolute Gasteiger partial charge is 0.191 e. The molecular weight excluding hydrogens is 250 g/mol. The number of thioether (sulfide) groups is 1. The first-order valence-electron chi connectivity index (χ1n) is 5.82. The lowest BCUT2D eigenvalue weighted by Crippen LogP contribution is -2.38. The lowest BCUT2D eigenvalue weighted by Gasteiger charge is -2.10. The van der Waals surface area contributed by atoms with Crippen LogP contribution in [0.4, 0.5) is 0 Å². The fraction of sp³-hybridized carbons (Fsp3) is 0.583. The first-order chi connectivity index (χ1) is 8.26. The molecule has 0 aliphatic heterocycles. The quantitative estimate of drug-likeness (QED) is 0.474. The molecule has 1 rings (SSSR count). The Bertz CT molecular complexity index is 347. The van der Waals surface area contributed by atoms with Gasteiger partial charge in [0, 0.05) is 28.6 Å². The molecule has 0 aliphatic rings. The molecule has 0 fully saturated rings. The van der Waals surface area contributed by atoms with Crippen molar-refractivity contribution in [2.45, 2.75) is 20.4 Å². The maximum Gasteiger partial charge on any atom is 0.191 e. The summed E-state index contributed by atoms with van der Waals surface area (Å²) in [5.74, 6) is 2.01. The van der Waals surface area contributed by atoms with E-state index in [0.29, 0.717) is 0 Å². The Labute approximate surface area is 112 Å². The fourth-order valence-electron chi connectivity index (χ4n) is 1.34. The van der Waals surface area contributed by atoms with Crippen molar-refractivity contribution in [1.29, 1.82) is 0 Å². The molecule has 1 aromatic rings. The maximum atomic E-state index is 4.56. The standard InChI is InChI=1S/C12H21N3S2/c1-4-13-12(14-7-8-16-3)15-9-11-6-5-10(2)17-11/h5-6H,4,7-9H2,1-3H3,(H2,13,14,15). The second-order valence-electron chi connectivity index (χ2n) is 3.63. The van der Waals surface area contributed by atoms with Crippen molar-refractivity contribution in [2.24, 2.45) is 4.99 Å². The second kappa shape index (κ2) is 8.42. The van der Waals surface area contributed by atoms with E-state index in [1.807, 2.05) is 23.1 Å². The molecule has 1 heterocycles. The number of guanidine groups is 1. The highest BCUT2D eigenvalue weighted by Gasteiger charge is 1.98. The number of thiophene rings is 1. The van der Waals surface area contributed by atoms with Crippen molar-refractivity contribution >= 4 is 29.1 Å². The van der Waals surface area contributed by atoms with Gasteiger partial charge in [-0.25, -0.2) is 4.99 Å². The minimum atomic E-state index is 0.757. The predicted octanol–water partition coefficient (Wildman–Crippen LogP) is 2.47. The zero-order valence-electron chi connectivity index (χ0n) is 10.7. The first kappa shape index (κ1) is 14.4. The van der Waals surface area contributed by atoms with Gasteiger partial charge >= 0.3 is 0 Å². The van der Waals surface area contributed by atoms with Crippen LogP contribution in [0.3, 0.4) is 0 Å². The van der Waals surface area contributed by atoms with Crippen LogP contribution in [0, 0.1) is 6.92 Å². The molecule has 96 valence electrons. The fourth-order valence-corrected chi connectivity index (χ4v) is 2.46. The molecule has 2 N–H and O–H groups in total. The number of nitrogens with zero attached hydrogens (tertiary/aromatic N) is 1. The van der Waals surface area contributed by atoms with Gasteiger partial charge < -0.3 is 10.6 Å². The molecule has 0 atom stereocenters. The third-order valence-corrected chi connectivity index (χ3v) is 3.73. The molecule has 0 saturated heterocycles. The van der Waals surface area contributed by atoms with Crippen molar-refractivity contribution in [3.8, 4) is 0 Å². The lowest BCUT2D eigenvalue weighted by molar-refractivity contribution is 0.845. The minimum Gasteiger partial charge on any atom is -0.357 e. The highest BCUT2D eigenvalue weighted by atomic mass is 32.2. The molecule has 5 heteroatoms. The molecule has 0 amide bonds. The molecule has 0 aliphatic carbocycles. The van der Waals surface area contributed by atoms with Crippen LogP contribution in [0.2, 0.25) is 0 Å². The van der Waals surface area contributed by atoms with E-state index in [9.17, 15) is 0 Å². The molecule has 0 unspecified atom stereocenters. The highest BCUT2D eigenvalue weighted by molar-refractivity contribution is 7.98. The molecule has 0 bridgehead atoms. The zero-order valence-corrected chi connectivity index (χ0v) is 12.4. The van der Waals surface area contributed by atoms with E-state index in [1.165, 1.54) is 9.75 Å². The van der Waals surface area contributed by atoms with Gasteiger partial charge in [-0.3, -0.25) is 0 Å². The van der Waals surface area contributed by atoms with Crippen LogP contribution >= 0.6 is 23.1 Å². The lowest BCUT2D eigenvalue weighted by atomic mass is 10.4. The van der Waals surface area contributed by atoms with Crippen molar-refractivity contribution in [2.75, 3.05) is 25.1 Å². The van der Waals surface area contributed by atoms with Gasteiger partial charge in [-0.15, -0.1) is 11.3 Å². The Hall–Kier alpha value is -0.680. The minimum absolute atomic E-state index is 0.757. The highest BCUT2D eigenvalue weighted by Crippen LogP contribution is 2.15. The van der Waals surface area contributed by atoms with Gasteiger partial charge in [0.05, 0.1) is 6.54 Å². The summed E-state index contributed by atoms with van der Waals surface area (Å²) < 4.78 is 0. The zero-order chi connectivity index (χ0) is 12.5. The van der Waals surface area contributed by atoms with Gasteiger partial charge in [-0.1, -0.05) is 0 Å². The first-order valence-corrected chi connectivity index (χ1v) is 8.03. The average molecular weight is 271 g/mol. The molecule has 0 saturated carbocycles. The van der Waals surface area contributed by atoms with Crippen molar-refractivity contribution < 1.29 is 0 Å². The van der Waals surface area contributed by atoms with Crippen LogP contribution in [-0.2, 0) is 6.54 Å². The Morgan fingerprint density at radius 1 is 1.41 bits per heavy atom. The number of hydrogen-bond donors (Lipinski definition) is 2. The number of nitrogens with one attached hydrogen (secondary N) is 2. The van der Waals surface area contributed by atoms with E-state index in [0.717, 1.165) is 31.3 Å². The third kappa shape index (κ3) is 5.98. The summed E-state index contributed by atoms with van der Waals surface area (Å²) in [4.78, 5) is 7.22. The van der Waals surface area contributed by atoms with E-state index in [1.54, 1.807) is 0 Å². The van der Waals surface area contributed by atoms with Crippen LogP contribution in [-0.4, -0.2) is 31.1 Å². The van der Waals surface area contributed by atoms with Gasteiger partial charge in [-0.05, 0) is 32.2 Å². The molecule has 1 aromatic heterocycles. The van der Waals surface area contributed by atoms with Crippen LogP contribution in [0.1, 0.15) is 16.7 Å². The molecule has 3 nitrogen and oxygen atoms in total. The SMILES string of the molecule is CCNC(=NCc1ccc(C)s1)NCCSC. The molecule has 0 aromatic carbocycles. The Morgan fingerprint density at radius 2 is 2.24 bits per heavy atom. The number of hydrogen-bond acceptors (Lipinski definition) is 3. The van der Waals surface area contributed by atoms with Crippen molar-refractivity contribution in [1.82, 2.24) is 10.6 Å². The summed E-state index contributed by atoms with van der Waals surface area (Å²) in [6, 6.07) is 4.29. The van der Waals surface area contributed by atoms with E-state index in [4.69, 9.17) is 0 Å². The van der Waals surface area contributed by atoms with Crippen molar-refractivity contribution in [3.63, 3.8) is 0 Å². The van der Waals surface area contributed by atoms with Gasteiger partial charge in [-0.2, -0.15) is 11.8 Å². The molecule has 17 heavy (non-hydrogen) atoms. The summed E-state index contributed by atoms with van der Waals surface area (Å²) in [6.07, 6.45) is 2.11. The Morgan fingerprint density at radius 3 is 2.82 bits per heavy atom. The molecular formula is C12H21N3S2.